The molecule has 1 heterocycles. The average Bonchev–Trinajstić information content (AvgIpc) is 3.11. The number of aromatic nitrogens is 2. The van der Waals surface area contributed by atoms with Crippen LogP contribution in [0.1, 0.15) is 17.8 Å². The summed E-state index contributed by atoms with van der Waals surface area (Å²) in [6.45, 7) is -0.0508. The molecule has 0 spiro atoms. The van der Waals surface area contributed by atoms with Crippen molar-refractivity contribution in [3.63, 3.8) is 0 Å². The number of hydrogen-bond donors (Lipinski definition) is 2. The second-order valence-electron chi connectivity index (χ2n) is 6.59. The van der Waals surface area contributed by atoms with Crippen molar-refractivity contribution in [1.82, 2.24) is 9.55 Å². The quantitative estimate of drug-likeness (QED) is 0.536. The van der Waals surface area contributed by atoms with E-state index in [1.54, 1.807) is 6.07 Å². The van der Waals surface area contributed by atoms with Gasteiger partial charge in [0.2, 0.25) is 5.91 Å². The van der Waals surface area contributed by atoms with Gasteiger partial charge in [-0.15, -0.1) is 0 Å². The van der Waals surface area contributed by atoms with Crippen molar-refractivity contribution in [2.45, 2.75) is 19.4 Å². The van der Waals surface area contributed by atoms with E-state index in [0.717, 1.165) is 28.1 Å². The fraction of sp³-hybridized carbons (Fsp3) is 0.130. The number of amides is 1. The summed E-state index contributed by atoms with van der Waals surface area (Å²) in [6.07, 6.45) is 0.842. The Hall–Kier alpha value is -3.44. The van der Waals surface area contributed by atoms with Crippen LogP contribution in [0, 0.1) is 0 Å². The first-order valence-electron chi connectivity index (χ1n) is 9.26. The zero-order valence-electron chi connectivity index (χ0n) is 15.4. The Kier molecular flexibility index (Phi) is 5.17. The molecule has 4 rings (SSSR count). The summed E-state index contributed by atoms with van der Waals surface area (Å²) in [5.74, 6) is 0.772. The highest BCUT2D eigenvalue weighted by Gasteiger charge is 2.13. The molecule has 0 saturated carbocycles. The molecule has 0 aliphatic heterocycles. The molecule has 0 bridgehead atoms. The molecule has 140 valence electrons. The Balaban J connectivity index is 1.55. The van der Waals surface area contributed by atoms with Crippen molar-refractivity contribution < 1.29 is 9.90 Å². The summed E-state index contributed by atoms with van der Waals surface area (Å²) in [6, 6.07) is 25.3. The van der Waals surface area contributed by atoms with E-state index < -0.39 is 0 Å². The lowest BCUT2D eigenvalue weighted by Crippen LogP contribution is -2.14. The number of anilines is 1. The third-order valence-corrected chi connectivity index (χ3v) is 4.61. The van der Waals surface area contributed by atoms with Crippen molar-refractivity contribution in [2.24, 2.45) is 0 Å². The molecule has 0 fully saturated rings. The van der Waals surface area contributed by atoms with Crippen molar-refractivity contribution in [2.75, 3.05) is 5.32 Å². The van der Waals surface area contributed by atoms with Crippen LogP contribution in [0.2, 0.25) is 0 Å². The van der Waals surface area contributed by atoms with Crippen molar-refractivity contribution in [3.8, 4) is 5.69 Å². The first-order chi connectivity index (χ1) is 13.7. The number of rotatable bonds is 6. The molecule has 0 aliphatic carbocycles. The lowest BCUT2D eigenvalue weighted by Gasteiger charge is -2.10. The second-order valence-corrected chi connectivity index (χ2v) is 6.59. The number of nitrogens with zero attached hydrogens (tertiary/aromatic N) is 2. The summed E-state index contributed by atoms with van der Waals surface area (Å²) >= 11 is 0. The van der Waals surface area contributed by atoms with Gasteiger partial charge in [-0.05, 0) is 42.0 Å². The van der Waals surface area contributed by atoms with E-state index in [1.807, 2.05) is 72.8 Å². The fourth-order valence-corrected chi connectivity index (χ4v) is 3.31. The Morgan fingerprint density at radius 2 is 1.75 bits per heavy atom. The number of benzene rings is 3. The average molecular weight is 371 g/mol. The zero-order valence-corrected chi connectivity index (χ0v) is 15.4. The standard InChI is InChI=1S/C23H21N3O2/c27-16-17-7-6-8-18(15-17)24-23(28)14-13-22-25-20-11-4-5-12-21(20)26(22)19-9-2-1-3-10-19/h1-12,15,27H,13-14,16H2,(H,24,28). The van der Waals surface area contributed by atoms with Crippen LogP contribution in [-0.4, -0.2) is 20.6 Å². The van der Waals surface area contributed by atoms with Crippen LogP contribution < -0.4 is 5.32 Å². The van der Waals surface area contributed by atoms with E-state index in [1.165, 1.54) is 0 Å². The minimum atomic E-state index is -0.0817. The largest absolute Gasteiger partial charge is 0.392 e. The van der Waals surface area contributed by atoms with Crippen LogP contribution in [0.25, 0.3) is 16.7 Å². The van der Waals surface area contributed by atoms with Crippen molar-refractivity contribution in [1.29, 1.82) is 0 Å². The van der Waals surface area contributed by atoms with Gasteiger partial charge >= 0.3 is 0 Å². The molecule has 28 heavy (non-hydrogen) atoms. The molecule has 3 aromatic carbocycles. The normalized spacial score (nSPS) is 10.9. The van der Waals surface area contributed by atoms with Crippen LogP contribution in [0.15, 0.2) is 78.9 Å². The highest BCUT2D eigenvalue weighted by molar-refractivity contribution is 5.91. The summed E-state index contributed by atoms with van der Waals surface area (Å²) < 4.78 is 2.11. The third kappa shape index (κ3) is 3.80. The topological polar surface area (TPSA) is 67.2 Å². The van der Waals surface area contributed by atoms with E-state index in [9.17, 15) is 9.90 Å². The molecule has 1 aromatic heterocycles. The maximum absolute atomic E-state index is 12.4. The summed E-state index contributed by atoms with van der Waals surface area (Å²) in [7, 11) is 0. The Labute approximate surface area is 163 Å². The van der Waals surface area contributed by atoms with Gasteiger partial charge in [0.15, 0.2) is 0 Å². The van der Waals surface area contributed by atoms with E-state index in [-0.39, 0.29) is 12.5 Å². The van der Waals surface area contributed by atoms with Crippen molar-refractivity contribution in [3.05, 3.63) is 90.3 Å². The monoisotopic (exact) mass is 371 g/mol. The number of carbonyl (C=O) groups is 1. The smallest absolute Gasteiger partial charge is 0.224 e. The van der Waals surface area contributed by atoms with Crippen molar-refractivity contribution >= 4 is 22.6 Å². The van der Waals surface area contributed by atoms with E-state index in [0.29, 0.717) is 18.5 Å². The molecule has 0 radical (unpaired) electrons. The number of nitrogens with one attached hydrogen (secondary N) is 1. The van der Waals surface area contributed by atoms with Gasteiger partial charge in [0.25, 0.3) is 0 Å². The first-order valence-corrected chi connectivity index (χ1v) is 9.26. The second kappa shape index (κ2) is 8.06. The zero-order chi connectivity index (χ0) is 19.3. The van der Waals surface area contributed by atoms with Crippen LogP contribution in [-0.2, 0) is 17.8 Å². The number of carbonyl (C=O) groups excluding carboxylic acids is 1. The summed E-state index contributed by atoms with van der Waals surface area (Å²) in [5, 5.41) is 12.1. The van der Waals surface area contributed by atoms with Gasteiger partial charge in [-0.3, -0.25) is 9.36 Å². The van der Waals surface area contributed by atoms with Gasteiger partial charge in [0, 0.05) is 24.2 Å². The van der Waals surface area contributed by atoms with E-state index in [4.69, 9.17) is 4.98 Å². The summed E-state index contributed by atoms with van der Waals surface area (Å²) in [4.78, 5) is 17.2. The minimum Gasteiger partial charge on any atom is -0.392 e. The van der Waals surface area contributed by atoms with Gasteiger partial charge < -0.3 is 10.4 Å². The Morgan fingerprint density at radius 3 is 2.57 bits per heavy atom. The van der Waals surface area contributed by atoms with E-state index >= 15 is 0 Å². The Morgan fingerprint density at radius 1 is 0.964 bits per heavy atom. The van der Waals surface area contributed by atoms with Crippen LogP contribution in [0.4, 0.5) is 5.69 Å². The number of para-hydroxylation sites is 3. The van der Waals surface area contributed by atoms with Gasteiger partial charge in [0.1, 0.15) is 5.82 Å². The predicted octanol–water partition coefficient (Wildman–Crippen LogP) is 4.09. The minimum absolute atomic E-state index is 0.0508. The molecular formula is C23H21N3O2. The number of hydrogen-bond acceptors (Lipinski definition) is 3. The van der Waals surface area contributed by atoms with Gasteiger partial charge in [0.05, 0.1) is 17.6 Å². The van der Waals surface area contributed by atoms with Gasteiger partial charge in [-0.2, -0.15) is 0 Å². The number of aryl methyl sites for hydroxylation is 1. The molecular weight excluding hydrogens is 350 g/mol. The highest BCUT2D eigenvalue weighted by Crippen LogP contribution is 2.22. The molecule has 2 N–H and O–H groups in total. The fourth-order valence-electron chi connectivity index (χ4n) is 3.31. The molecule has 5 nitrogen and oxygen atoms in total. The Bertz CT molecular complexity index is 1100. The molecule has 0 atom stereocenters. The number of aliphatic hydroxyl groups is 1. The molecule has 5 heteroatoms. The molecule has 0 aliphatic rings. The van der Waals surface area contributed by atoms with Gasteiger partial charge in [-0.25, -0.2) is 4.98 Å². The molecule has 4 aromatic rings. The highest BCUT2D eigenvalue weighted by atomic mass is 16.3. The SMILES string of the molecule is O=C(CCc1nc2ccccc2n1-c1ccccc1)Nc1cccc(CO)c1. The lowest BCUT2D eigenvalue weighted by molar-refractivity contribution is -0.116. The molecule has 0 saturated heterocycles. The summed E-state index contributed by atoms with van der Waals surface area (Å²) in [5.41, 5.74) is 4.43. The van der Waals surface area contributed by atoms with Crippen LogP contribution in [0.3, 0.4) is 0 Å². The number of aliphatic hydroxyl groups excluding tert-OH is 1. The number of imidazole rings is 1. The van der Waals surface area contributed by atoms with Crippen LogP contribution in [0.5, 0.6) is 0 Å². The maximum atomic E-state index is 12.4. The first kappa shape index (κ1) is 17.9. The van der Waals surface area contributed by atoms with Crippen LogP contribution >= 0.6 is 0 Å². The lowest BCUT2D eigenvalue weighted by atomic mass is 10.2. The molecule has 0 unspecified atom stereocenters. The molecule has 1 amide bonds. The number of fused-ring (bicyclic) bond motifs is 1. The van der Waals surface area contributed by atoms with Gasteiger partial charge in [-0.1, -0.05) is 42.5 Å². The predicted molar refractivity (Wildman–Crippen MR) is 110 cm³/mol. The maximum Gasteiger partial charge on any atom is 0.224 e. The van der Waals surface area contributed by atoms with E-state index in [2.05, 4.69) is 9.88 Å². The third-order valence-electron chi connectivity index (χ3n) is 4.61.